The van der Waals surface area contributed by atoms with E-state index in [1.165, 1.54) is 0 Å². The molecule has 1 fully saturated rings. The van der Waals surface area contributed by atoms with Gasteiger partial charge in [-0.15, -0.1) is 0 Å². The van der Waals surface area contributed by atoms with Gasteiger partial charge in [0.2, 0.25) is 18.6 Å². The minimum Gasteiger partial charge on any atom is -0.454 e. The van der Waals surface area contributed by atoms with Crippen LogP contribution in [0.4, 0.5) is 0 Å². The Morgan fingerprint density at radius 1 is 1.30 bits per heavy atom. The van der Waals surface area contributed by atoms with Gasteiger partial charge >= 0.3 is 0 Å². The van der Waals surface area contributed by atoms with Crippen LogP contribution in [-0.2, 0) is 29.7 Å². The molecule has 1 aromatic carbocycles. The summed E-state index contributed by atoms with van der Waals surface area (Å²) >= 11 is 0. The zero-order valence-corrected chi connectivity index (χ0v) is 15.4. The van der Waals surface area contributed by atoms with E-state index < -0.39 is 6.04 Å². The normalized spacial score (nSPS) is 18.2. The first kappa shape index (κ1) is 17.4. The van der Waals surface area contributed by atoms with Crippen LogP contribution in [0.2, 0.25) is 0 Å². The Hall–Kier alpha value is -3.03. The zero-order chi connectivity index (χ0) is 19.0. The van der Waals surface area contributed by atoms with Gasteiger partial charge in [-0.1, -0.05) is 6.07 Å². The molecule has 0 bridgehead atoms. The van der Waals surface area contributed by atoms with Gasteiger partial charge in [0.1, 0.15) is 6.04 Å². The molecule has 1 N–H and O–H groups in total. The molecule has 2 aliphatic heterocycles. The average molecular weight is 370 g/mol. The minimum atomic E-state index is -0.461. The third-order valence-electron chi connectivity index (χ3n) is 4.96. The van der Waals surface area contributed by atoms with E-state index in [1.807, 2.05) is 38.2 Å². The first-order chi connectivity index (χ1) is 13.0. The molecule has 3 heterocycles. The molecule has 4 rings (SSSR count). The number of aryl methyl sites for hydroxylation is 2. The van der Waals surface area contributed by atoms with Crippen molar-refractivity contribution < 1.29 is 19.1 Å². The molecule has 0 aliphatic carbocycles. The number of benzene rings is 1. The van der Waals surface area contributed by atoms with Gasteiger partial charge in [-0.2, -0.15) is 5.10 Å². The Morgan fingerprint density at radius 2 is 2.11 bits per heavy atom. The molecule has 2 amide bonds. The van der Waals surface area contributed by atoms with Crippen molar-refractivity contribution in [2.75, 3.05) is 6.79 Å². The fourth-order valence-electron chi connectivity index (χ4n) is 3.57. The highest BCUT2D eigenvalue weighted by Crippen LogP contribution is 2.33. The molecule has 1 unspecified atom stereocenters. The minimum absolute atomic E-state index is 0.0100. The van der Waals surface area contributed by atoms with Crippen molar-refractivity contribution in [3.63, 3.8) is 0 Å². The van der Waals surface area contributed by atoms with E-state index in [2.05, 4.69) is 10.4 Å². The quantitative estimate of drug-likeness (QED) is 0.857. The van der Waals surface area contributed by atoms with Gasteiger partial charge in [-0.05, 0) is 37.1 Å². The summed E-state index contributed by atoms with van der Waals surface area (Å²) in [5.74, 6) is 1.23. The lowest BCUT2D eigenvalue weighted by molar-refractivity contribution is -0.135. The smallest absolute Gasteiger partial charge is 0.243 e. The number of amides is 2. The van der Waals surface area contributed by atoms with Crippen LogP contribution < -0.4 is 14.8 Å². The van der Waals surface area contributed by atoms with Crippen LogP contribution in [0.5, 0.6) is 11.5 Å². The van der Waals surface area contributed by atoms with E-state index in [-0.39, 0.29) is 18.6 Å². The maximum Gasteiger partial charge on any atom is 0.243 e. The van der Waals surface area contributed by atoms with Gasteiger partial charge in [0, 0.05) is 20.0 Å². The molecule has 0 saturated carbocycles. The van der Waals surface area contributed by atoms with E-state index in [0.717, 1.165) is 17.0 Å². The lowest BCUT2D eigenvalue weighted by Crippen LogP contribution is -2.44. The SMILES string of the molecule is Cc1cc(CNC(=O)C2CCC(=O)N2Cc2ccc3c(c2)OCO3)n(C)n1. The fourth-order valence-corrected chi connectivity index (χ4v) is 3.57. The number of hydrogen-bond acceptors (Lipinski definition) is 5. The van der Waals surface area contributed by atoms with Crippen molar-refractivity contribution in [2.45, 2.75) is 38.9 Å². The van der Waals surface area contributed by atoms with E-state index in [1.54, 1.807) is 9.58 Å². The number of ether oxygens (including phenoxy) is 2. The molecular formula is C19H22N4O4. The number of fused-ring (bicyclic) bond motifs is 1. The number of nitrogens with zero attached hydrogens (tertiary/aromatic N) is 3. The molecule has 8 heteroatoms. The van der Waals surface area contributed by atoms with Gasteiger partial charge in [0.25, 0.3) is 0 Å². The number of carbonyl (C=O) groups is 2. The van der Waals surface area contributed by atoms with Crippen LogP contribution in [0.1, 0.15) is 29.8 Å². The molecular weight excluding hydrogens is 348 g/mol. The van der Waals surface area contributed by atoms with Gasteiger partial charge in [-0.25, -0.2) is 0 Å². The average Bonchev–Trinajstić information content (AvgIpc) is 3.32. The predicted molar refractivity (Wildman–Crippen MR) is 95.9 cm³/mol. The number of nitrogens with one attached hydrogen (secondary N) is 1. The van der Waals surface area contributed by atoms with Crippen molar-refractivity contribution >= 4 is 11.8 Å². The topological polar surface area (TPSA) is 85.7 Å². The first-order valence-corrected chi connectivity index (χ1v) is 8.96. The van der Waals surface area contributed by atoms with Crippen LogP contribution in [0, 0.1) is 6.92 Å². The van der Waals surface area contributed by atoms with Gasteiger partial charge in [0.05, 0.1) is 17.9 Å². The molecule has 2 aliphatic rings. The predicted octanol–water partition coefficient (Wildman–Crippen LogP) is 1.26. The monoisotopic (exact) mass is 370 g/mol. The zero-order valence-electron chi connectivity index (χ0n) is 15.4. The van der Waals surface area contributed by atoms with Crippen molar-refractivity contribution in [3.05, 3.63) is 41.2 Å². The molecule has 27 heavy (non-hydrogen) atoms. The second kappa shape index (κ2) is 6.94. The lowest BCUT2D eigenvalue weighted by Gasteiger charge is -2.24. The number of carbonyl (C=O) groups excluding carboxylic acids is 2. The summed E-state index contributed by atoms with van der Waals surface area (Å²) in [6.45, 7) is 2.88. The number of rotatable bonds is 5. The van der Waals surface area contributed by atoms with Crippen LogP contribution in [0.15, 0.2) is 24.3 Å². The molecule has 0 radical (unpaired) electrons. The van der Waals surface area contributed by atoms with Gasteiger partial charge in [-0.3, -0.25) is 14.3 Å². The Balaban J connectivity index is 1.43. The van der Waals surface area contributed by atoms with Crippen LogP contribution in [0.3, 0.4) is 0 Å². The summed E-state index contributed by atoms with van der Waals surface area (Å²) in [7, 11) is 1.85. The van der Waals surface area contributed by atoms with E-state index in [9.17, 15) is 9.59 Å². The second-order valence-electron chi connectivity index (χ2n) is 6.88. The largest absolute Gasteiger partial charge is 0.454 e. The molecule has 1 saturated heterocycles. The highest BCUT2D eigenvalue weighted by Gasteiger charge is 2.36. The molecule has 2 aromatic rings. The molecule has 1 atom stereocenters. The Kier molecular flexibility index (Phi) is 4.47. The summed E-state index contributed by atoms with van der Waals surface area (Å²) in [5, 5.41) is 7.21. The Bertz CT molecular complexity index is 892. The highest BCUT2D eigenvalue weighted by atomic mass is 16.7. The number of hydrogen-bond donors (Lipinski definition) is 1. The van der Waals surface area contributed by atoms with Crippen molar-refractivity contribution in [1.82, 2.24) is 20.0 Å². The molecule has 0 spiro atoms. The Morgan fingerprint density at radius 3 is 2.89 bits per heavy atom. The van der Waals surface area contributed by atoms with Crippen molar-refractivity contribution in [2.24, 2.45) is 7.05 Å². The Labute approximate surface area is 157 Å². The summed E-state index contributed by atoms with van der Waals surface area (Å²) in [6.07, 6.45) is 0.910. The van der Waals surface area contributed by atoms with Crippen LogP contribution >= 0.6 is 0 Å². The van der Waals surface area contributed by atoms with Crippen LogP contribution in [-0.4, -0.2) is 39.3 Å². The standard InChI is InChI=1S/C19H22N4O4/c1-12-7-14(22(2)21-12)9-20-19(25)15-4-6-18(24)23(15)10-13-3-5-16-17(8-13)27-11-26-16/h3,5,7-8,15H,4,6,9-11H2,1-2H3,(H,20,25). The van der Waals surface area contributed by atoms with E-state index >= 15 is 0 Å². The summed E-state index contributed by atoms with van der Waals surface area (Å²) in [5.41, 5.74) is 2.74. The third-order valence-corrected chi connectivity index (χ3v) is 4.96. The summed E-state index contributed by atoms with van der Waals surface area (Å²) in [4.78, 5) is 26.7. The molecule has 1 aromatic heterocycles. The fraction of sp³-hybridized carbons (Fsp3) is 0.421. The molecule has 8 nitrogen and oxygen atoms in total. The number of likely N-dealkylation sites (tertiary alicyclic amines) is 1. The molecule has 142 valence electrons. The lowest BCUT2D eigenvalue weighted by atomic mass is 10.1. The highest BCUT2D eigenvalue weighted by molar-refractivity contribution is 5.90. The van der Waals surface area contributed by atoms with E-state index in [4.69, 9.17) is 9.47 Å². The summed E-state index contributed by atoms with van der Waals surface area (Å²) < 4.78 is 12.5. The maximum absolute atomic E-state index is 12.7. The van der Waals surface area contributed by atoms with Crippen molar-refractivity contribution in [3.8, 4) is 11.5 Å². The van der Waals surface area contributed by atoms with E-state index in [0.29, 0.717) is 37.4 Å². The van der Waals surface area contributed by atoms with Gasteiger partial charge in [0.15, 0.2) is 11.5 Å². The number of aromatic nitrogens is 2. The third kappa shape index (κ3) is 3.47. The maximum atomic E-state index is 12.7. The van der Waals surface area contributed by atoms with Crippen LogP contribution in [0.25, 0.3) is 0 Å². The van der Waals surface area contributed by atoms with Gasteiger partial charge < -0.3 is 19.7 Å². The second-order valence-corrected chi connectivity index (χ2v) is 6.88. The first-order valence-electron chi connectivity index (χ1n) is 8.96. The van der Waals surface area contributed by atoms with Crippen molar-refractivity contribution in [1.29, 1.82) is 0 Å². The summed E-state index contributed by atoms with van der Waals surface area (Å²) in [6, 6.07) is 7.06.